The van der Waals surface area contributed by atoms with Gasteiger partial charge in [-0.1, -0.05) is 49.7 Å². The van der Waals surface area contributed by atoms with Crippen molar-refractivity contribution in [3.63, 3.8) is 0 Å². The molecule has 0 aromatic heterocycles. The number of rotatable bonds is 6. The summed E-state index contributed by atoms with van der Waals surface area (Å²) in [5.41, 5.74) is 4.81. The molecule has 2 aromatic carbocycles. The fourth-order valence-electron chi connectivity index (χ4n) is 2.77. The molecule has 2 rings (SSSR count). The van der Waals surface area contributed by atoms with Crippen molar-refractivity contribution in [2.24, 2.45) is 0 Å². The van der Waals surface area contributed by atoms with E-state index >= 15 is 0 Å². The highest BCUT2D eigenvalue weighted by Gasteiger charge is 2.12. The van der Waals surface area contributed by atoms with Crippen LogP contribution in [-0.2, 0) is 4.79 Å². The summed E-state index contributed by atoms with van der Waals surface area (Å²) >= 11 is 0. The molecule has 1 amide bonds. The topological polar surface area (TPSA) is 38.3 Å². The van der Waals surface area contributed by atoms with Gasteiger partial charge in [0.15, 0.2) is 6.61 Å². The first-order chi connectivity index (χ1) is 11.4. The number of ether oxygens (including phenoxy) is 1. The molecule has 0 saturated heterocycles. The van der Waals surface area contributed by atoms with E-state index in [1.165, 1.54) is 16.7 Å². The summed E-state index contributed by atoms with van der Waals surface area (Å²) in [6.07, 6.45) is 0. The summed E-state index contributed by atoms with van der Waals surface area (Å²) in [7, 11) is 0. The van der Waals surface area contributed by atoms with Crippen LogP contribution in [0.3, 0.4) is 0 Å². The van der Waals surface area contributed by atoms with Crippen LogP contribution in [0.5, 0.6) is 5.75 Å². The number of hydrogen-bond donors (Lipinski definition) is 1. The predicted molar refractivity (Wildman–Crippen MR) is 98.5 cm³/mol. The summed E-state index contributed by atoms with van der Waals surface area (Å²) in [6.45, 7) is 10.5. The lowest BCUT2D eigenvalue weighted by atomic mass is 10.0. The third-order valence-electron chi connectivity index (χ3n) is 4.19. The van der Waals surface area contributed by atoms with E-state index in [1.807, 2.05) is 31.2 Å². The normalized spacial score (nSPS) is 12.1. The Hall–Kier alpha value is -2.29. The average Bonchev–Trinajstić information content (AvgIpc) is 2.53. The lowest BCUT2D eigenvalue weighted by Crippen LogP contribution is -2.31. The molecule has 2 aromatic rings. The first kappa shape index (κ1) is 18.1. The van der Waals surface area contributed by atoms with Crippen LogP contribution in [0.15, 0.2) is 42.5 Å². The quantitative estimate of drug-likeness (QED) is 0.837. The monoisotopic (exact) mass is 325 g/mol. The Bertz CT molecular complexity index is 689. The van der Waals surface area contributed by atoms with Crippen LogP contribution in [0, 0.1) is 13.8 Å². The zero-order chi connectivity index (χ0) is 17.7. The standard InChI is InChI=1S/C21H27NO2/c1-14(2)18-7-9-19(10-8-18)24-13-21(23)22-17(5)20-11-6-15(3)12-16(20)4/h6-12,14,17H,13H2,1-5H3,(H,22,23). The number of hydrogen-bond acceptors (Lipinski definition) is 2. The molecule has 3 nitrogen and oxygen atoms in total. The Morgan fingerprint density at radius 2 is 1.71 bits per heavy atom. The van der Waals surface area contributed by atoms with Crippen molar-refractivity contribution < 1.29 is 9.53 Å². The highest BCUT2D eigenvalue weighted by Crippen LogP contribution is 2.20. The molecule has 0 aliphatic rings. The Morgan fingerprint density at radius 1 is 1.04 bits per heavy atom. The number of carbonyl (C=O) groups is 1. The van der Waals surface area contributed by atoms with Gasteiger partial charge in [-0.15, -0.1) is 0 Å². The second kappa shape index (κ2) is 8.00. The minimum atomic E-state index is -0.115. The summed E-state index contributed by atoms with van der Waals surface area (Å²) in [5.74, 6) is 1.09. The maximum Gasteiger partial charge on any atom is 0.258 e. The van der Waals surface area contributed by atoms with E-state index in [-0.39, 0.29) is 18.6 Å². The minimum Gasteiger partial charge on any atom is -0.484 e. The van der Waals surface area contributed by atoms with Crippen LogP contribution in [0.4, 0.5) is 0 Å². The molecule has 1 unspecified atom stereocenters. The first-order valence-electron chi connectivity index (χ1n) is 8.46. The van der Waals surface area contributed by atoms with E-state index in [2.05, 4.69) is 51.2 Å². The molecule has 0 aliphatic heterocycles. The number of amides is 1. The van der Waals surface area contributed by atoms with Crippen molar-refractivity contribution in [2.75, 3.05) is 6.61 Å². The minimum absolute atomic E-state index is 0.0241. The Labute approximate surface area is 145 Å². The maximum absolute atomic E-state index is 12.1. The maximum atomic E-state index is 12.1. The van der Waals surface area contributed by atoms with Crippen molar-refractivity contribution >= 4 is 5.91 Å². The highest BCUT2D eigenvalue weighted by molar-refractivity contribution is 5.78. The summed E-state index contributed by atoms with van der Waals surface area (Å²) in [6, 6.07) is 14.1. The first-order valence-corrected chi connectivity index (χ1v) is 8.46. The molecule has 0 saturated carbocycles. The van der Waals surface area contributed by atoms with Gasteiger partial charge in [-0.3, -0.25) is 4.79 Å². The molecular weight excluding hydrogens is 298 g/mol. The van der Waals surface area contributed by atoms with E-state index in [0.717, 1.165) is 5.56 Å². The van der Waals surface area contributed by atoms with E-state index in [1.54, 1.807) is 0 Å². The Kier molecular flexibility index (Phi) is 6.02. The van der Waals surface area contributed by atoms with Crippen LogP contribution in [0.1, 0.15) is 55.0 Å². The van der Waals surface area contributed by atoms with Crippen molar-refractivity contribution in [2.45, 2.75) is 46.6 Å². The van der Waals surface area contributed by atoms with Gasteiger partial charge in [0.25, 0.3) is 5.91 Å². The van der Waals surface area contributed by atoms with Gasteiger partial charge in [-0.05, 0) is 55.5 Å². The molecular formula is C21H27NO2. The molecule has 1 N–H and O–H groups in total. The van der Waals surface area contributed by atoms with Crippen LogP contribution >= 0.6 is 0 Å². The van der Waals surface area contributed by atoms with Crippen molar-refractivity contribution in [1.82, 2.24) is 5.32 Å². The van der Waals surface area contributed by atoms with Gasteiger partial charge < -0.3 is 10.1 Å². The average molecular weight is 325 g/mol. The molecule has 0 fully saturated rings. The SMILES string of the molecule is Cc1ccc(C(C)NC(=O)COc2ccc(C(C)C)cc2)c(C)c1. The van der Waals surface area contributed by atoms with E-state index in [9.17, 15) is 4.79 Å². The third kappa shape index (κ3) is 4.85. The summed E-state index contributed by atoms with van der Waals surface area (Å²) < 4.78 is 5.58. The predicted octanol–water partition coefficient (Wildman–Crippen LogP) is 4.68. The summed E-state index contributed by atoms with van der Waals surface area (Å²) in [4.78, 5) is 12.1. The number of nitrogens with one attached hydrogen (secondary N) is 1. The largest absolute Gasteiger partial charge is 0.484 e. The van der Waals surface area contributed by atoms with Gasteiger partial charge in [0.2, 0.25) is 0 Å². The zero-order valence-corrected chi connectivity index (χ0v) is 15.2. The molecule has 0 bridgehead atoms. The molecule has 1 atom stereocenters. The number of aryl methyl sites for hydroxylation is 2. The molecule has 0 aliphatic carbocycles. The van der Waals surface area contributed by atoms with Gasteiger partial charge in [0, 0.05) is 0 Å². The lowest BCUT2D eigenvalue weighted by molar-refractivity contribution is -0.123. The second-order valence-corrected chi connectivity index (χ2v) is 6.66. The van der Waals surface area contributed by atoms with Crippen LogP contribution in [0.25, 0.3) is 0 Å². The fourth-order valence-corrected chi connectivity index (χ4v) is 2.77. The smallest absolute Gasteiger partial charge is 0.258 e. The van der Waals surface area contributed by atoms with Crippen LogP contribution in [0.2, 0.25) is 0 Å². The van der Waals surface area contributed by atoms with Crippen LogP contribution in [-0.4, -0.2) is 12.5 Å². The van der Waals surface area contributed by atoms with Crippen LogP contribution < -0.4 is 10.1 Å². The lowest BCUT2D eigenvalue weighted by Gasteiger charge is -2.17. The molecule has 0 heterocycles. The molecule has 24 heavy (non-hydrogen) atoms. The van der Waals surface area contributed by atoms with E-state index in [0.29, 0.717) is 11.7 Å². The van der Waals surface area contributed by atoms with Crippen molar-refractivity contribution in [3.8, 4) is 5.75 Å². The summed E-state index contributed by atoms with van der Waals surface area (Å²) in [5, 5.41) is 2.99. The number of carbonyl (C=O) groups excluding carboxylic acids is 1. The Morgan fingerprint density at radius 3 is 2.29 bits per heavy atom. The second-order valence-electron chi connectivity index (χ2n) is 6.66. The van der Waals surface area contributed by atoms with Crippen molar-refractivity contribution in [3.05, 3.63) is 64.7 Å². The van der Waals surface area contributed by atoms with Crippen molar-refractivity contribution in [1.29, 1.82) is 0 Å². The molecule has 128 valence electrons. The van der Waals surface area contributed by atoms with Gasteiger partial charge in [-0.25, -0.2) is 0 Å². The third-order valence-corrected chi connectivity index (χ3v) is 4.19. The van der Waals surface area contributed by atoms with Gasteiger partial charge in [0.1, 0.15) is 5.75 Å². The molecule has 0 radical (unpaired) electrons. The zero-order valence-electron chi connectivity index (χ0n) is 15.2. The number of benzene rings is 2. The molecule has 0 spiro atoms. The van der Waals surface area contributed by atoms with E-state index in [4.69, 9.17) is 4.74 Å². The van der Waals surface area contributed by atoms with Gasteiger partial charge in [-0.2, -0.15) is 0 Å². The molecule has 3 heteroatoms. The van der Waals surface area contributed by atoms with E-state index < -0.39 is 0 Å². The highest BCUT2D eigenvalue weighted by atomic mass is 16.5. The Balaban J connectivity index is 1.88. The fraction of sp³-hybridized carbons (Fsp3) is 0.381. The van der Waals surface area contributed by atoms with Gasteiger partial charge in [0.05, 0.1) is 6.04 Å². The van der Waals surface area contributed by atoms with Gasteiger partial charge >= 0.3 is 0 Å².